The molecule has 1 heterocycles. The molecule has 0 radical (unpaired) electrons. The summed E-state index contributed by atoms with van der Waals surface area (Å²) >= 11 is 0. The van der Waals surface area contributed by atoms with Crippen LogP contribution in [-0.4, -0.2) is 48.7 Å². The van der Waals surface area contributed by atoms with Crippen LogP contribution >= 0.6 is 0 Å². The minimum atomic E-state index is -0.217. The highest BCUT2D eigenvalue weighted by atomic mass is 16.6. The molecule has 0 aliphatic carbocycles. The van der Waals surface area contributed by atoms with Crippen molar-refractivity contribution >= 4 is 6.09 Å². The summed E-state index contributed by atoms with van der Waals surface area (Å²) in [6, 6.07) is 9.76. The molecule has 0 unspecified atom stereocenters. The summed E-state index contributed by atoms with van der Waals surface area (Å²) in [7, 11) is 0. The third-order valence-corrected chi connectivity index (χ3v) is 3.39. The molecule has 1 aromatic carbocycles. The van der Waals surface area contributed by atoms with Crippen molar-refractivity contribution in [1.29, 1.82) is 5.26 Å². The molecule has 1 aromatic rings. The second-order valence-electron chi connectivity index (χ2n) is 4.77. The lowest BCUT2D eigenvalue weighted by Gasteiger charge is -2.34. The fourth-order valence-electron chi connectivity index (χ4n) is 2.25. The van der Waals surface area contributed by atoms with Crippen molar-refractivity contribution in [1.82, 2.24) is 9.80 Å². The predicted molar refractivity (Wildman–Crippen MR) is 75.0 cm³/mol. The Morgan fingerprint density at radius 2 is 1.90 bits per heavy atom. The summed E-state index contributed by atoms with van der Waals surface area (Å²) in [6.45, 7) is 6.19. The van der Waals surface area contributed by atoms with Gasteiger partial charge in [-0.2, -0.15) is 5.26 Å². The molecule has 2 rings (SSSR count). The number of hydrogen-bond acceptors (Lipinski definition) is 4. The van der Waals surface area contributed by atoms with E-state index >= 15 is 0 Å². The number of amides is 1. The van der Waals surface area contributed by atoms with Gasteiger partial charge in [0, 0.05) is 32.7 Å². The maximum atomic E-state index is 11.6. The van der Waals surface area contributed by atoms with Crippen LogP contribution in [0.2, 0.25) is 0 Å². The molecule has 0 atom stereocenters. The van der Waals surface area contributed by atoms with Crippen LogP contribution in [-0.2, 0) is 11.3 Å². The molecule has 1 aliphatic heterocycles. The van der Waals surface area contributed by atoms with Crippen LogP contribution < -0.4 is 0 Å². The Labute approximate surface area is 119 Å². The van der Waals surface area contributed by atoms with Gasteiger partial charge in [-0.15, -0.1) is 0 Å². The van der Waals surface area contributed by atoms with Gasteiger partial charge in [-0.25, -0.2) is 4.79 Å². The second kappa shape index (κ2) is 6.92. The van der Waals surface area contributed by atoms with Gasteiger partial charge in [0.05, 0.1) is 18.2 Å². The van der Waals surface area contributed by atoms with Gasteiger partial charge >= 0.3 is 6.09 Å². The standard InChI is InChI=1S/C15H19N3O2/c1-2-20-15(19)18-9-7-17(8-10-18)12-14-5-3-13(11-16)4-6-14/h3-6H,2,7-10,12H2,1H3. The molecule has 0 N–H and O–H groups in total. The van der Waals surface area contributed by atoms with E-state index in [-0.39, 0.29) is 6.09 Å². The summed E-state index contributed by atoms with van der Waals surface area (Å²) in [4.78, 5) is 15.6. The van der Waals surface area contributed by atoms with Crippen LogP contribution in [0.5, 0.6) is 0 Å². The van der Waals surface area contributed by atoms with Crippen molar-refractivity contribution < 1.29 is 9.53 Å². The first-order chi connectivity index (χ1) is 9.72. The van der Waals surface area contributed by atoms with E-state index in [0.29, 0.717) is 25.3 Å². The highest BCUT2D eigenvalue weighted by molar-refractivity contribution is 5.67. The van der Waals surface area contributed by atoms with Crippen molar-refractivity contribution in [3.8, 4) is 6.07 Å². The lowest BCUT2D eigenvalue weighted by Crippen LogP contribution is -2.48. The van der Waals surface area contributed by atoms with Crippen LogP contribution in [0.15, 0.2) is 24.3 Å². The van der Waals surface area contributed by atoms with Crippen molar-refractivity contribution in [2.24, 2.45) is 0 Å². The van der Waals surface area contributed by atoms with E-state index in [1.165, 1.54) is 5.56 Å². The highest BCUT2D eigenvalue weighted by Gasteiger charge is 2.21. The zero-order valence-electron chi connectivity index (χ0n) is 11.7. The Morgan fingerprint density at radius 3 is 2.45 bits per heavy atom. The zero-order chi connectivity index (χ0) is 14.4. The number of piperazine rings is 1. The van der Waals surface area contributed by atoms with Gasteiger partial charge in [-0.05, 0) is 24.6 Å². The fraction of sp³-hybridized carbons (Fsp3) is 0.467. The number of nitriles is 1. The minimum Gasteiger partial charge on any atom is -0.450 e. The maximum Gasteiger partial charge on any atom is 0.409 e. The van der Waals surface area contributed by atoms with Gasteiger partial charge in [0.2, 0.25) is 0 Å². The third kappa shape index (κ3) is 3.72. The Morgan fingerprint density at radius 1 is 1.25 bits per heavy atom. The highest BCUT2D eigenvalue weighted by Crippen LogP contribution is 2.10. The Balaban J connectivity index is 1.82. The van der Waals surface area contributed by atoms with Crippen molar-refractivity contribution in [2.75, 3.05) is 32.8 Å². The van der Waals surface area contributed by atoms with Crippen molar-refractivity contribution in [3.05, 3.63) is 35.4 Å². The first kappa shape index (κ1) is 14.4. The van der Waals surface area contributed by atoms with E-state index in [1.54, 1.807) is 4.90 Å². The Bertz CT molecular complexity index is 485. The lowest BCUT2D eigenvalue weighted by atomic mass is 10.1. The average molecular weight is 273 g/mol. The molecule has 20 heavy (non-hydrogen) atoms. The topological polar surface area (TPSA) is 56.6 Å². The fourth-order valence-corrected chi connectivity index (χ4v) is 2.25. The molecule has 1 aliphatic rings. The molecule has 0 aromatic heterocycles. The van der Waals surface area contributed by atoms with Gasteiger partial charge in [0.1, 0.15) is 0 Å². The van der Waals surface area contributed by atoms with Gasteiger partial charge in [-0.3, -0.25) is 4.90 Å². The Kier molecular flexibility index (Phi) is 4.97. The van der Waals surface area contributed by atoms with Crippen LogP contribution in [0, 0.1) is 11.3 Å². The maximum absolute atomic E-state index is 11.6. The van der Waals surface area contributed by atoms with E-state index in [4.69, 9.17) is 10.00 Å². The largest absolute Gasteiger partial charge is 0.450 e. The van der Waals surface area contributed by atoms with Crippen LogP contribution in [0.1, 0.15) is 18.1 Å². The number of carbonyl (C=O) groups is 1. The molecular formula is C15H19N3O2. The molecule has 1 amide bonds. The second-order valence-corrected chi connectivity index (χ2v) is 4.77. The first-order valence-corrected chi connectivity index (χ1v) is 6.86. The normalized spacial score (nSPS) is 15.7. The molecule has 1 fully saturated rings. The quantitative estimate of drug-likeness (QED) is 0.843. The predicted octanol–water partition coefficient (Wildman–Crippen LogP) is 1.83. The van der Waals surface area contributed by atoms with Gasteiger partial charge in [0.25, 0.3) is 0 Å². The van der Waals surface area contributed by atoms with Gasteiger partial charge in [-0.1, -0.05) is 12.1 Å². The van der Waals surface area contributed by atoms with Crippen LogP contribution in [0.25, 0.3) is 0 Å². The van der Waals surface area contributed by atoms with Crippen molar-refractivity contribution in [2.45, 2.75) is 13.5 Å². The summed E-state index contributed by atoms with van der Waals surface area (Å²) in [5.74, 6) is 0. The van der Waals surface area contributed by atoms with Gasteiger partial charge in [0.15, 0.2) is 0 Å². The van der Waals surface area contributed by atoms with E-state index in [9.17, 15) is 4.79 Å². The third-order valence-electron chi connectivity index (χ3n) is 3.39. The van der Waals surface area contributed by atoms with Crippen LogP contribution in [0.3, 0.4) is 0 Å². The zero-order valence-corrected chi connectivity index (χ0v) is 11.7. The number of carbonyl (C=O) groups excluding carboxylic acids is 1. The molecule has 106 valence electrons. The van der Waals surface area contributed by atoms with E-state index in [2.05, 4.69) is 11.0 Å². The van der Waals surface area contributed by atoms with E-state index < -0.39 is 0 Å². The summed E-state index contributed by atoms with van der Waals surface area (Å²) in [5.41, 5.74) is 1.87. The molecule has 1 saturated heterocycles. The van der Waals surface area contributed by atoms with E-state index in [1.807, 2.05) is 31.2 Å². The Hall–Kier alpha value is -2.06. The van der Waals surface area contributed by atoms with Crippen LogP contribution in [0.4, 0.5) is 4.79 Å². The molecule has 5 heteroatoms. The number of benzene rings is 1. The number of ether oxygens (including phenoxy) is 1. The first-order valence-electron chi connectivity index (χ1n) is 6.86. The number of nitrogens with zero attached hydrogens (tertiary/aromatic N) is 3. The molecular weight excluding hydrogens is 254 g/mol. The molecule has 0 saturated carbocycles. The van der Waals surface area contributed by atoms with E-state index in [0.717, 1.165) is 19.6 Å². The molecule has 0 bridgehead atoms. The number of rotatable bonds is 3. The van der Waals surface area contributed by atoms with Gasteiger partial charge < -0.3 is 9.64 Å². The molecule has 0 spiro atoms. The number of hydrogen-bond donors (Lipinski definition) is 0. The summed E-state index contributed by atoms with van der Waals surface area (Å²) in [5, 5.41) is 8.77. The average Bonchev–Trinajstić information content (AvgIpc) is 2.49. The lowest BCUT2D eigenvalue weighted by molar-refractivity contribution is 0.0778. The molecule has 5 nitrogen and oxygen atoms in total. The summed E-state index contributed by atoms with van der Waals surface area (Å²) in [6.07, 6.45) is -0.217. The van der Waals surface area contributed by atoms with Crippen molar-refractivity contribution in [3.63, 3.8) is 0 Å². The minimum absolute atomic E-state index is 0.217. The monoisotopic (exact) mass is 273 g/mol. The SMILES string of the molecule is CCOC(=O)N1CCN(Cc2ccc(C#N)cc2)CC1. The smallest absolute Gasteiger partial charge is 0.409 e. The summed E-state index contributed by atoms with van der Waals surface area (Å²) < 4.78 is 5.00.